The lowest BCUT2D eigenvalue weighted by Gasteiger charge is -2.30. The summed E-state index contributed by atoms with van der Waals surface area (Å²) in [4.78, 5) is 12.7. The van der Waals surface area contributed by atoms with Gasteiger partial charge in [0.15, 0.2) is 0 Å². The van der Waals surface area contributed by atoms with Crippen molar-refractivity contribution in [1.29, 1.82) is 0 Å². The first kappa shape index (κ1) is 26.6. The summed E-state index contributed by atoms with van der Waals surface area (Å²) in [5.74, 6) is 0.674. The van der Waals surface area contributed by atoms with Gasteiger partial charge in [0.2, 0.25) is 0 Å². The largest absolute Gasteiger partial charge is 0.506 e. The molecule has 0 heterocycles. The molecule has 2 N–H and O–H groups in total. The summed E-state index contributed by atoms with van der Waals surface area (Å²) in [6.45, 7) is 16.5. The highest BCUT2D eigenvalue weighted by Gasteiger charge is 2.26. The Morgan fingerprint density at radius 3 is 2.34 bits per heavy atom. The molecule has 0 aliphatic rings. The zero-order chi connectivity index (χ0) is 25.8. The second kappa shape index (κ2) is 10.7. The van der Waals surface area contributed by atoms with Crippen LogP contribution in [0.3, 0.4) is 0 Å². The summed E-state index contributed by atoms with van der Waals surface area (Å²) >= 11 is 0. The van der Waals surface area contributed by atoms with Crippen LogP contribution in [-0.2, 0) is 10.8 Å². The lowest BCUT2D eigenvalue weighted by Crippen LogP contribution is -2.26. The Morgan fingerprint density at radius 1 is 0.943 bits per heavy atom. The van der Waals surface area contributed by atoms with Gasteiger partial charge in [-0.15, -0.1) is 0 Å². The minimum atomic E-state index is -0.273. The van der Waals surface area contributed by atoms with Crippen LogP contribution in [0.25, 0.3) is 10.8 Å². The lowest BCUT2D eigenvalue weighted by molar-refractivity contribution is 0.0949. The topological polar surface area (TPSA) is 58.6 Å². The summed E-state index contributed by atoms with van der Waals surface area (Å²) < 4.78 is 6.21. The fraction of sp³-hybridized carbons (Fsp3) is 0.452. The Kier molecular flexibility index (Phi) is 8.15. The highest BCUT2D eigenvalue weighted by molar-refractivity contribution is 6.04. The molecule has 3 aromatic rings. The Labute approximate surface area is 210 Å². The minimum Gasteiger partial charge on any atom is -0.506 e. The van der Waals surface area contributed by atoms with Crippen molar-refractivity contribution >= 4 is 16.7 Å². The van der Waals surface area contributed by atoms with Crippen molar-refractivity contribution < 1.29 is 14.6 Å². The average molecular weight is 476 g/mol. The van der Waals surface area contributed by atoms with E-state index in [2.05, 4.69) is 65.1 Å². The molecular formula is C31H41NO3. The number of ether oxygens (including phenoxy) is 1. The van der Waals surface area contributed by atoms with E-state index in [4.69, 9.17) is 4.74 Å². The van der Waals surface area contributed by atoms with Crippen LogP contribution < -0.4 is 10.1 Å². The molecule has 0 aliphatic carbocycles. The fourth-order valence-electron chi connectivity index (χ4n) is 4.23. The molecule has 0 unspecified atom stereocenters. The Morgan fingerprint density at radius 2 is 1.66 bits per heavy atom. The van der Waals surface area contributed by atoms with Crippen LogP contribution in [0.15, 0.2) is 48.5 Å². The molecule has 0 spiro atoms. The van der Waals surface area contributed by atoms with Crippen molar-refractivity contribution in [2.24, 2.45) is 0 Å². The summed E-state index contributed by atoms with van der Waals surface area (Å²) in [5.41, 5.74) is 4.06. The Balaban J connectivity index is 1.63. The van der Waals surface area contributed by atoms with Crippen molar-refractivity contribution in [3.8, 4) is 11.5 Å². The molecule has 188 valence electrons. The van der Waals surface area contributed by atoms with E-state index >= 15 is 0 Å². The third kappa shape index (κ3) is 5.80. The predicted octanol–water partition coefficient (Wildman–Crippen LogP) is 7.43. The molecule has 1 amide bonds. The number of aryl methyl sites for hydroxylation is 1. The molecule has 0 aromatic heterocycles. The number of nitrogens with one attached hydrogen (secondary N) is 1. The summed E-state index contributed by atoms with van der Waals surface area (Å²) in [5, 5.41) is 15.2. The van der Waals surface area contributed by atoms with Gasteiger partial charge in [-0.1, -0.05) is 77.9 Å². The van der Waals surface area contributed by atoms with Crippen LogP contribution in [0.4, 0.5) is 0 Å². The first-order chi connectivity index (χ1) is 16.5. The maximum Gasteiger partial charge on any atom is 0.255 e. The van der Waals surface area contributed by atoms with Gasteiger partial charge in [-0.25, -0.2) is 0 Å². The third-order valence-corrected chi connectivity index (χ3v) is 7.62. The summed E-state index contributed by atoms with van der Waals surface area (Å²) in [6, 6.07) is 15.9. The molecule has 0 atom stereocenters. The predicted molar refractivity (Wildman–Crippen MR) is 146 cm³/mol. The van der Waals surface area contributed by atoms with Gasteiger partial charge < -0.3 is 15.2 Å². The zero-order valence-electron chi connectivity index (χ0n) is 22.4. The number of benzene rings is 3. The molecular weight excluding hydrogens is 434 g/mol. The van der Waals surface area contributed by atoms with Gasteiger partial charge in [-0.05, 0) is 65.7 Å². The SMILES string of the molecule is CCC(C)(C)c1ccc(OCCCNC(=O)c2ccc3c(C)cccc3c2O)c(C(C)(C)CC)c1. The van der Waals surface area contributed by atoms with E-state index in [9.17, 15) is 9.90 Å². The molecule has 3 aromatic carbocycles. The van der Waals surface area contributed by atoms with Crippen molar-refractivity contribution in [2.75, 3.05) is 13.2 Å². The fourth-order valence-corrected chi connectivity index (χ4v) is 4.23. The summed E-state index contributed by atoms with van der Waals surface area (Å²) in [7, 11) is 0. The van der Waals surface area contributed by atoms with E-state index < -0.39 is 0 Å². The highest BCUT2D eigenvalue weighted by atomic mass is 16.5. The van der Waals surface area contributed by atoms with Gasteiger partial charge in [0.25, 0.3) is 5.91 Å². The smallest absolute Gasteiger partial charge is 0.255 e. The van der Waals surface area contributed by atoms with Crippen LogP contribution in [0.2, 0.25) is 0 Å². The number of amides is 1. The first-order valence-electron chi connectivity index (χ1n) is 12.8. The number of fused-ring (bicyclic) bond motifs is 1. The first-order valence-corrected chi connectivity index (χ1v) is 12.8. The Bertz CT molecular complexity index is 1190. The molecule has 4 heteroatoms. The Hall–Kier alpha value is -3.01. The third-order valence-electron chi connectivity index (χ3n) is 7.62. The number of phenolic OH excluding ortho intramolecular Hbond substituents is 1. The van der Waals surface area contributed by atoms with Gasteiger partial charge in [-0.3, -0.25) is 4.79 Å². The van der Waals surface area contributed by atoms with Crippen molar-refractivity contribution in [1.82, 2.24) is 5.32 Å². The number of rotatable bonds is 10. The van der Waals surface area contributed by atoms with Crippen LogP contribution in [0, 0.1) is 6.92 Å². The van der Waals surface area contributed by atoms with E-state index in [0.29, 0.717) is 30.5 Å². The minimum absolute atomic E-state index is 0.00927. The van der Waals surface area contributed by atoms with Crippen LogP contribution in [0.1, 0.15) is 87.9 Å². The van der Waals surface area contributed by atoms with Crippen LogP contribution >= 0.6 is 0 Å². The number of carbonyl (C=O) groups excluding carboxylic acids is 1. The van der Waals surface area contributed by atoms with Gasteiger partial charge in [0.05, 0.1) is 12.2 Å². The number of aromatic hydroxyl groups is 1. The van der Waals surface area contributed by atoms with E-state index in [0.717, 1.165) is 29.5 Å². The normalized spacial score (nSPS) is 12.1. The molecule has 35 heavy (non-hydrogen) atoms. The van der Waals surface area contributed by atoms with Crippen LogP contribution in [-0.4, -0.2) is 24.2 Å². The van der Waals surface area contributed by atoms with Crippen molar-refractivity contribution in [3.63, 3.8) is 0 Å². The van der Waals surface area contributed by atoms with E-state index in [1.165, 1.54) is 11.1 Å². The maximum absolute atomic E-state index is 12.7. The number of hydrogen-bond donors (Lipinski definition) is 2. The molecule has 4 nitrogen and oxygen atoms in total. The quantitative estimate of drug-likeness (QED) is 0.300. The van der Waals surface area contributed by atoms with E-state index in [1.807, 2.05) is 31.2 Å². The highest BCUT2D eigenvalue weighted by Crippen LogP contribution is 2.38. The molecule has 0 bridgehead atoms. The average Bonchev–Trinajstić information content (AvgIpc) is 2.84. The molecule has 0 aliphatic heterocycles. The van der Waals surface area contributed by atoms with E-state index in [-0.39, 0.29) is 22.5 Å². The second-order valence-electron chi connectivity index (χ2n) is 10.8. The van der Waals surface area contributed by atoms with Crippen LogP contribution in [0.5, 0.6) is 11.5 Å². The van der Waals surface area contributed by atoms with Crippen molar-refractivity contribution in [2.45, 2.75) is 78.6 Å². The molecule has 0 saturated heterocycles. The molecule has 3 rings (SSSR count). The monoisotopic (exact) mass is 475 g/mol. The standard InChI is InChI=1S/C31H41NO3/c1-8-30(4,5)22-14-17-27(26(20-22)31(6,7)9-2)35-19-11-18-32-29(34)25-16-15-23-21(3)12-10-13-24(23)28(25)33/h10,12-17,20,33H,8-9,11,18-19H2,1-7H3,(H,32,34). The summed E-state index contributed by atoms with van der Waals surface area (Å²) in [6.07, 6.45) is 2.77. The maximum atomic E-state index is 12.7. The van der Waals surface area contributed by atoms with E-state index in [1.54, 1.807) is 6.07 Å². The van der Waals surface area contributed by atoms with Gasteiger partial charge in [-0.2, -0.15) is 0 Å². The van der Waals surface area contributed by atoms with Crippen molar-refractivity contribution in [3.05, 3.63) is 70.8 Å². The second-order valence-corrected chi connectivity index (χ2v) is 10.8. The molecule has 0 radical (unpaired) electrons. The molecule has 0 saturated carbocycles. The number of hydrogen-bond acceptors (Lipinski definition) is 3. The van der Waals surface area contributed by atoms with Gasteiger partial charge in [0, 0.05) is 17.5 Å². The lowest BCUT2D eigenvalue weighted by atomic mass is 9.76. The number of phenols is 1. The zero-order valence-corrected chi connectivity index (χ0v) is 22.4. The molecule has 0 fully saturated rings. The van der Waals surface area contributed by atoms with Gasteiger partial charge in [0.1, 0.15) is 11.5 Å². The van der Waals surface area contributed by atoms with Gasteiger partial charge >= 0.3 is 0 Å². The number of carbonyl (C=O) groups is 1.